The van der Waals surface area contributed by atoms with Gasteiger partial charge in [0, 0.05) is 50.5 Å². The summed E-state index contributed by atoms with van der Waals surface area (Å²) in [4.78, 5) is 18.6. The van der Waals surface area contributed by atoms with Crippen LogP contribution in [0.4, 0.5) is 5.69 Å². The van der Waals surface area contributed by atoms with E-state index in [9.17, 15) is 9.90 Å². The maximum atomic E-state index is 12.6. The van der Waals surface area contributed by atoms with Crippen molar-refractivity contribution in [1.29, 1.82) is 10.8 Å². The summed E-state index contributed by atoms with van der Waals surface area (Å²) in [6, 6.07) is 12.7. The van der Waals surface area contributed by atoms with E-state index in [-0.39, 0.29) is 23.3 Å². The van der Waals surface area contributed by atoms with Crippen molar-refractivity contribution < 1.29 is 9.90 Å². The molecule has 0 unspecified atom stereocenters. The van der Waals surface area contributed by atoms with Crippen LogP contribution in [0.1, 0.15) is 43.4 Å². The third kappa shape index (κ3) is 6.01. The Morgan fingerprint density at radius 3 is 2.32 bits per heavy atom. The molecule has 1 fully saturated rings. The Hall–Kier alpha value is -3.23. The summed E-state index contributed by atoms with van der Waals surface area (Å²) in [6.07, 6.45) is 0. The highest BCUT2D eigenvalue weighted by Crippen LogP contribution is 2.28. The lowest BCUT2D eigenvalue weighted by molar-refractivity contribution is -0.114. The number of likely N-dealkylation sites (N-methyl/N-ethyl adjacent to an activating group) is 2. The van der Waals surface area contributed by atoms with E-state index in [0.29, 0.717) is 23.4 Å². The van der Waals surface area contributed by atoms with Crippen LogP contribution >= 0.6 is 0 Å². The minimum Gasteiger partial charge on any atom is -0.508 e. The number of benzene rings is 2. The van der Waals surface area contributed by atoms with Crippen molar-refractivity contribution in [3.63, 3.8) is 0 Å². The molecule has 2 aromatic rings. The number of phenols is 1. The van der Waals surface area contributed by atoms with Gasteiger partial charge in [-0.2, -0.15) is 0 Å². The van der Waals surface area contributed by atoms with Gasteiger partial charge in [0.05, 0.1) is 0 Å². The van der Waals surface area contributed by atoms with Crippen LogP contribution in [0.3, 0.4) is 0 Å². The van der Waals surface area contributed by atoms with Crippen LogP contribution in [0, 0.1) is 10.8 Å². The van der Waals surface area contributed by atoms with Crippen molar-refractivity contribution in [3.8, 4) is 5.75 Å². The molecule has 2 aromatic carbocycles. The van der Waals surface area contributed by atoms with Crippen LogP contribution in [0.25, 0.3) is 0 Å². The largest absolute Gasteiger partial charge is 0.508 e. The molecule has 182 valence electrons. The van der Waals surface area contributed by atoms with Crippen molar-refractivity contribution in [2.45, 2.75) is 33.2 Å². The van der Waals surface area contributed by atoms with Gasteiger partial charge in [-0.15, -0.1) is 0 Å². The molecular weight excluding hydrogens is 428 g/mol. The molecule has 34 heavy (non-hydrogen) atoms. The van der Waals surface area contributed by atoms with E-state index >= 15 is 0 Å². The molecule has 4 N–H and O–H groups in total. The molecule has 8 nitrogen and oxygen atoms in total. The van der Waals surface area contributed by atoms with Gasteiger partial charge in [0.2, 0.25) is 0 Å². The lowest BCUT2D eigenvalue weighted by atomic mass is 9.98. The molecule has 1 heterocycles. The Morgan fingerprint density at radius 2 is 1.74 bits per heavy atom. The highest BCUT2D eigenvalue weighted by molar-refractivity contribution is 6.48. The van der Waals surface area contributed by atoms with Gasteiger partial charge in [-0.3, -0.25) is 25.4 Å². The van der Waals surface area contributed by atoms with E-state index in [1.54, 1.807) is 25.1 Å². The molecule has 1 aliphatic rings. The first-order chi connectivity index (χ1) is 16.2. The Morgan fingerprint density at radius 1 is 1.09 bits per heavy atom. The van der Waals surface area contributed by atoms with E-state index < -0.39 is 5.91 Å². The summed E-state index contributed by atoms with van der Waals surface area (Å²) < 4.78 is 0. The standard InChI is InChI=1S/C26H36N6O2/c1-5-29-26(34)25(28)32(24(27)20-8-11-23(33)22(16-20)18(2)3)21-9-6-19(7-10-21)17-31-14-12-30(4)13-15-31/h6-11,16,18,27-28,33H,5,12-15,17H2,1-4H3,(H,29,34). The van der Waals surface area contributed by atoms with Gasteiger partial charge < -0.3 is 15.3 Å². The lowest BCUT2D eigenvalue weighted by Gasteiger charge is -2.32. The number of carbonyl (C=O) groups excluding carboxylic acids is 1. The van der Waals surface area contributed by atoms with Gasteiger partial charge in [0.25, 0.3) is 5.91 Å². The molecule has 0 radical (unpaired) electrons. The molecule has 0 aromatic heterocycles. The van der Waals surface area contributed by atoms with E-state index in [1.165, 1.54) is 4.90 Å². The van der Waals surface area contributed by atoms with Crippen LogP contribution in [-0.2, 0) is 11.3 Å². The molecule has 0 bridgehead atoms. The number of piperazine rings is 1. The number of nitrogens with one attached hydrogen (secondary N) is 3. The zero-order chi connectivity index (χ0) is 24.8. The van der Waals surface area contributed by atoms with Crippen LogP contribution in [-0.4, -0.2) is 72.3 Å². The number of carbonyl (C=O) groups is 1. The Kier molecular flexibility index (Phi) is 8.41. The molecule has 1 amide bonds. The smallest absolute Gasteiger partial charge is 0.287 e. The number of anilines is 1. The summed E-state index contributed by atoms with van der Waals surface area (Å²) in [6.45, 7) is 11.1. The predicted molar refractivity (Wildman–Crippen MR) is 137 cm³/mol. The molecule has 0 spiro atoms. The molecule has 8 heteroatoms. The number of hydrogen-bond donors (Lipinski definition) is 4. The van der Waals surface area contributed by atoms with Crippen molar-refractivity contribution in [2.75, 3.05) is 44.7 Å². The first-order valence-corrected chi connectivity index (χ1v) is 11.8. The van der Waals surface area contributed by atoms with Gasteiger partial charge in [0.15, 0.2) is 5.84 Å². The van der Waals surface area contributed by atoms with Gasteiger partial charge in [-0.25, -0.2) is 0 Å². The first kappa shape index (κ1) is 25.4. The van der Waals surface area contributed by atoms with Gasteiger partial charge in [0.1, 0.15) is 11.6 Å². The van der Waals surface area contributed by atoms with Crippen LogP contribution < -0.4 is 10.2 Å². The maximum Gasteiger partial charge on any atom is 0.287 e. The fourth-order valence-electron chi connectivity index (χ4n) is 4.02. The fourth-order valence-corrected chi connectivity index (χ4v) is 4.02. The Bertz CT molecular complexity index is 1030. The monoisotopic (exact) mass is 464 g/mol. The molecule has 0 aliphatic carbocycles. The highest BCUT2D eigenvalue weighted by Gasteiger charge is 2.25. The fraction of sp³-hybridized carbons (Fsp3) is 0.423. The average Bonchev–Trinajstić information content (AvgIpc) is 2.82. The maximum absolute atomic E-state index is 12.6. The quantitative estimate of drug-likeness (QED) is 0.388. The normalized spacial score (nSPS) is 14.7. The van der Waals surface area contributed by atoms with Gasteiger partial charge >= 0.3 is 0 Å². The number of phenolic OH excluding ortho intramolecular Hbond substituents is 1. The van der Waals surface area contributed by atoms with Crippen molar-refractivity contribution >= 4 is 23.3 Å². The third-order valence-electron chi connectivity index (χ3n) is 6.12. The van der Waals surface area contributed by atoms with E-state index in [4.69, 9.17) is 10.8 Å². The summed E-state index contributed by atoms with van der Waals surface area (Å²) in [5, 5.41) is 30.3. The Balaban J connectivity index is 1.89. The van der Waals surface area contributed by atoms with Crippen molar-refractivity contribution in [3.05, 3.63) is 59.2 Å². The zero-order valence-electron chi connectivity index (χ0n) is 20.6. The highest BCUT2D eigenvalue weighted by atomic mass is 16.3. The number of nitrogens with zero attached hydrogens (tertiary/aromatic N) is 3. The summed E-state index contributed by atoms with van der Waals surface area (Å²) in [5.41, 5.74) is 2.96. The second-order valence-electron chi connectivity index (χ2n) is 9.07. The van der Waals surface area contributed by atoms with Crippen LogP contribution in [0.15, 0.2) is 42.5 Å². The van der Waals surface area contributed by atoms with E-state index in [1.807, 2.05) is 38.1 Å². The van der Waals surface area contributed by atoms with Crippen LogP contribution in [0.2, 0.25) is 0 Å². The summed E-state index contributed by atoms with van der Waals surface area (Å²) in [7, 11) is 2.14. The minimum atomic E-state index is -0.545. The lowest BCUT2D eigenvalue weighted by Crippen LogP contribution is -2.46. The van der Waals surface area contributed by atoms with Crippen molar-refractivity contribution in [2.24, 2.45) is 0 Å². The van der Waals surface area contributed by atoms with Gasteiger partial charge in [-0.1, -0.05) is 26.0 Å². The minimum absolute atomic E-state index is 0.00460. The third-order valence-corrected chi connectivity index (χ3v) is 6.12. The Labute approximate surface area is 202 Å². The molecular formula is C26H36N6O2. The molecule has 0 saturated carbocycles. The zero-order valence-corrected chi connectivity index (χ0v) is 20.6. The van der Waals surface area contributed by atoms with E-state index in [0.717, 1.165) is 38.3 Å². The average molecular weight is 465 g/mol. The predicted octanol–water partition coefficient (Wildman–Crippen LogP) is 3.21. The first-order valence-electron chi connectivity index (χ1n) is 11.8. The molecule has 1 saturated heterocycles. The number of amidine groups is 2. The van der Waals surface area contributed by atoms with Gasteiger partial charge in [-0.05, 0) is 61.3 Å². The number of amides is 1. The second kappa shape index (κ2) is 11.3. The van der Waals surface area contributed by atoms with Crippen LogP contribution in [0.5, 0.6) is 5.75 Å². The van der Waals surface area contributed by atoms with E-state index in [2.05, 4.69) is 22.2 Å². The SMILES string of the molecule is CCNC(=O)C(=N)N(C(=N)c1ccc(O)c(C(C)C)c1)c1ccc(CN2CCN(C)CC2)cc1. The number of hydrogen-bond acceptors (Lipinski definition) is 6. The molecule has 0 atom stereocenters. The summed E-state index contributed by atoms with van der Waals surface area (Å²) >= 11 is 0. The van der Waals surface area contributed by atoms with Crippen molar-refractivity contribution in [1.82, 2.24) is 15.1 Å². The number of rotatable bonds is 6. The molecule has 3 rings (SSSR count). The molecule has 1 aliphatic heterocycles. The second-order valence-corrected chi connectivity index (χ2v) is 9.07. The topological polar surface area (TPSA) is 107 Å². The summed E-state index contributed by atoms with van der Waals surface area (Å²) in [5.74, 6) is -0.623. The number of aromatic hydroxyl groups is 1.